The van der Waals surface area contributed by atoms with Gasteiger partial charge in [-0.25, -0.2) is 4.98 Å². The van der Waals surface area contributed by atoms with Crippen molar-refractivity contribution in [2.24, 2.45) is 5.73 Å². The molecule has 1 atom stereocenters. The van der Waals surface area contributed by atoms with Crippen LogP contribution >= 0.6 is 0 Å². The first kappa shape index (κ1) is 11.3. The predicted octanol–water partition coefficient (Wildman–Crippen LogP) is 1.84. The summed E-state index contributed by atoms with van der Waals surface area (Å²) in [5, 5.41) is 0. The zero-order chi connectivity index (χ0) is 11.5. The highest BCUT2D eigenvalue weighted by Crippen LogP contribution is 2.32. The van der Waals surface area contributed by atoms with E-state index >= 15 is 0 Å². The normalized spacial score (nSPS) is 18.9. The van der Waals surface area contributed by atoms with Crippen LogP contribution in [0.5, 0.6) is 0 Å². The molecular weight excluding hydrogens is 202 g/mol. The lowest BCUT2D eigenvalue weighted by atomic mass is 10.0. The number of nitrogens with one attached hydrogen (secondary N) is 1. The van der Waals surface area contributed by atoms with Gasteiger partial charge >= 0.3 is 0 Å². The summed E-state index contributed by atoms with van der Waals surface area (Å²) in [6, 6.07) is 1.47. The Kier molecular flexibility index (Phi) is 3.39. The molecule has 1 saturated carbocycles. The van der Waals surface area contributed by atoms with Crippen molar-refractivity contribution in [3.05, 3.63) is 27.9 Å². The zero-order valence-electron chi connectivity index (χ0n) is 9.70. The second-order valence-corrected chi connectivity index (χ2v) is 4.55. The lowest BCUT2D eigenvalue weighted by Crippen LogP contribution is -2.20. The van der Waals surface area contributed by atoms with Gasteiger partial charge < -0.3 is 10.7 Å². The van der Waals surface area contributed by atoms with E-state index in [0.717, 1.165) is 25.0 Å². The van der Waals surface area contributed by atoms with E-state index in [4.69, 9.17) is 5.73 Å². The average molecular weight is 221 g/mol. The summed E-state index contributed by atoms with van der Waals surface area (Å²) in [6.07, 6.45) is 5.58. The van der Waals surface area contributed by atoms with Gasteiger partial charge in [-0.05, 0) is 19.3 Å². The second-order valence-electron chi connectivity index (χ2n) is 4.55. The van der Waals surface area contributed by atoms with Gasteiger partial charge in [-0.2, -0.15) is 0 Å². The maximum Gasteiger partial charge on any atom is 0.251 e. The van der Waals surface area contributed by atoms with Crippen molar-refractivity contribution >= 4 is 0 Å². The number of nitrogens with two attached hydrogens (primary N) is 1. The smallest absolute Gasteiger partial charge is 0.251 e. The lowest BCUT2D eigenvalue weighted by Gasteiger charge is -2.12. The number of rotatable bonds is 3. The van der Waals surface area contributed by atoms with Crippen LogP contribution in [0, 0.1) is 0 Å². The Balaban J connectivity index is 2.31. The van der Waals surface area contributed by atoms with Crippen LogP contribution < -0.4 is 11.3 Å². The number of H-pyrrole nitrogens is 1. The number of hydrogen-bond donors (Lipinski definition) is 2. The van der Waals surface area contributed by atoms with E-state index in [1.165, 1.54) is 12.8 Å². The molecule has 4 nitrogen and oxygen atoms in total. The van der Waals surface area contributed by atoms with Crippen LogP contribution in [0.25, 0.3) is 0 Å². The van der Waals surface area contributed by atoms with Gasteiger partial charge in [-0.15, -0.1) is 0 Å². The summed E-state index contributed by atoms with van der Waals surface area (Å²) in [5.41, 5.74) is 6.76. The fourth-order valence-corrected chi connectivity index (χ4v) is 2.30. The third kappa shape index (κ3) is 2.32. The van der Waals surface area contributed by atoms with Crippen LogP contribution in [0.4, 0.5) is 0 Å². The largest absolute Gasteiger partial charge is 0.321 e. The summed E-state index contributed by atoms with van der Waals surface area (Å²) < 4.78 is 0. The molecule has 0 spiro atoms. The molecule has 0 saturated heterocycles. The maximum absolute atomic E-state index is 11.5. The van der Waals surface area contributed by atoms with E-state index in [-0.39, 0.29) is 11.6 Å². The topological polar surface area (TPSA) is 71.8 Å². The van der Waals surface area contributed by atoms with E-state index in [2.05, 4.69) is 9.97 Å². The fourth-order valence-electron chi connectivity index (χ4n) is 2.30. The first-order chi connectivity index (χ1) is 7.70. The molecule has 1 aromatic rings. The molecule has 1 aromatic heterocycles. The molecule has 0 radical (unpaired) electrons. The molecule has 16 heavy (non-hydrogen) atoms. The minimum absolute atomic E-state index is 0.0733. The van der Waals surface area contributed by atoms with E-state index in [0.29, 0.717) is 11.7 Å². The monoisotopic (exact) mass is 221 g/mol. The van der Waals surface area contributed by atoms with Crippen molar-refractivity contribution in [1.82, 2.24) is 9.97 Å². The van der Waals surface area contributed by atoms with Crippen molar-refractivity contribution in [3.8, 4) is 0 Å². The summed E-state index contributed by atoms with van der Waals surface area (Å²) in [5.74, 6) is 1.10. The highest BCUT2D eigenvalue weighted by Gasteiger charge is 2.20. The average Bonchev–Trinajstić information content (AvgIpc) is 2.80. The highest BCUT2D eigenvalue weighted by atomic mass is 16.1. The molecule has 0 aromatic carbocycles. The number of hydrogen-bond acceptors (Lipinski definition) is 3. The van der Waals surface area contributed by atoms with Gasteiger partial charge in [0.15, 0.2) is 0 Å². The zero-order valence-corrected chi connectivity index (χ0v) is 9.70. The van der Waals surface area contributed by atoms with E-state index in [1.807, 2.05) is 6.92 Å². The third-order valence-corrected chi connectivity index (χ3v) is 3.34. The molecule has 4 heteroatoms. The Morgan fingerprint density at radius 1 is 1.56 bits per heavy atom. The van der Waals surface area contributed by atoms with E-state index in [9.17, 15) is 4.79 Å². The van der Waals surface area contributed by atoms with Crippen molar-refractivity contribution in [3.63, 3.8) is 0 Å². The first-order valence-electron chi connectivity index (χ1n) is 6.07. The Bertz CT molecular complexity index is 407. The van der Waals surface area contributed by atoms with Crippen molar-refractivity contribution in [2.45, 2.75) is 51.0 Å². The summed E-state index contributed by atoms with van der Waals surface area (Å²) in [4.78, 5) is 18.8. The highest BCUT2D eigenvalue weighted by molar-refractivity contribution is 5.11. The first-order valence-corrected chi connectivity index (χ1v) is 6.07. The Morgan fingerprint density at radius 2 is 2.25 bits per heavy atom. The van der Waals surface area contributed by atoms with Crippen LogP contribution in [-0.2, 0) is 0 Å². The van der Waals surface area contributed by atoms with Gasteiger partial charge in [0.2, 0.25) is 0 Å². The molecule has 3 N–H and O–H groups in total. The molecule has 1 heterocycles. The lowest BCUT2D eigenvalue weighted by molar-refractivity contribution is 0.617. The van der Waals surface area contributed by atoms with Gasteiger partial charge in [0.25, 0.3) is 5.56 Å². The van der Waals surface area contributed by atoms with Crippen LogP contribution in [0.15, 0.2) is 10.9 Å². The molecule has 1 unspecified atom stereocenters. The van der Waals surface area contributed by atoms with Gasteiger partial charge in [0.1, 0.15) is 5.82 Å². The minimum Gasteiger partial charge on any atom is -0.321 e. The molecule has 1 fully saturated rings. The number of nitrogens with zero attached hydrogens (tertiary/aromatic N) is 1. The Labute approximate surface area is 95.3 Å². The summed E-state index contributed by atoms with van der Waals surface area (Å²) in [6.45, 7) is 1.99. The van der Waals surface area contributed by atoms with E-state index in [1.54, 1.807) is 6.07 Å². The van der Waals surface area contributed by atoms with Crippen molar-refractivity contribution in [1.29, 1.82) is 0 Å². The molecule has 88 valence electrons. The standard InChI is InChI=1S/C12H19N3O/c1-2-9(13)12-14-10(7-11(16)15-12)8-5-3-4-6-8/h7-9H,2-6,13H2,1H3,(H,14,15,16). The molecule has 2 rings (SSSR count). The fraction of sp³-hybridized carbons (Fsp3) is 0.667. The van der Waals surface area contributed by atoms with Crippen molar-refractivity contribution in [2.75, 3.05) is 0 Å². The van der Waals surface area contributed by atoms with Crippen LogP contribution in [0.1, 0.15) is 62.5 Å². The quantitative estimate of drug-likeness (QED) is 0.818. The van der Waals surface area contributed by atoms with E-state index < -0.39 is 0 Å². The SMILES string of the molecule is CCC(N)c1nc(C2CCCC2)cc(=O)[nH]1. The summed E-state index contributed by atoms with van der Waals surface area (Å²) in [7, 11) is 0. The summed E-state index contributed by atoms with van der Waals surface area (Å²) >= 11 is 0. The van der Waals surface area contributed by atoms with Gasteiger partial charge in [0, 0.05) is 12.0 Å². The Hall–Kier alpha value is -1.16. The minimum atomic E-state index is -0.158. The Morgan fingerprint density at radius 3 is 2.88 bits per heavy atom. The number of aromatic amines is 1. The number of aromatic nitrogens is 2. The molecule has 1 aliphatic carbocycles. The molecule has 1 aliphatic rings. The van der Waals surface area contributed by atoms with Gasteiger partial charge in [-0.3, -0.25) is 4.79 Å². The maximum atomic E-state index is 11.5. The third-order valence-electron chi connectivity index (χ3n) is 3.34. The van der Waals surface area contributed by atoms with Crippen LogP contribution in [0.2, 0.25) is 0 Å². The molecule has 0 bridgehead atoms. The molecular formula is C12H19N3O. The molecule has 0 aliphatic heterocycles. The van der Waals surface area contributed by atoms with Crippen LogP contribution in [0.3, 0.4) is 0 Å². The predicted molar refractivity (Wildman–Crippen MR) is 63.3 cm³/mol. The molecule has 0 amide bonds. The van der Waals surface area contributed by atoms with Gasteiger partial charge in [0.05, 0.1) is 11.7 Å². The van der Waals surface area contributed by atoms with Crippen LogP contribution in [-0.4, -0.2) is 9.97 Å². The van der Waals surface area contributed by atoms with Crippen molar-refractivity contribution < 1.29 is 0 Å². The van der Waals surface area contributed by atoms with Gasteiger partial charge in [-0.1, -0.05) is 19.8 Å². The second kappa shape index (κ2) is 4.78.